The maximum absolute atomic E-state index is 12.2. The van der Waals surface area contributed by atoms with E-state index < -0.39 is 5.97 Å². The van der Waals surface area contributed by atoms with Crippen LogP contribution >= 0.6 is 0 Å². The normalized spacial score (nSPS) is 10.1. The summed E-state index contributed by atoms with van der Waals surface area (Å²) in [6.07, 6.45) is 0.720. The molecule has 0 bridgehead atoms. The van der Waals surface area contributed by atoms with Crippen molar-refractivity contribution in [1.82, 2.24) is 0 Å². The summed E-state index contributed by atoms with van der Waals surface area (Å²) < 4.78 is 0. The first kappa shape index (κ1) is 14.8. The second-order valence-electron chi connectivity index (χ2n) is 4.70. The van der Waals surface area contributed by atoms with E-state index >= 15 is 0 Å². The van der Waals surface area contributed by atoms with Crippen molar-refractivity contribution in [3.05, 3.63) is 65.7 Å². The van der Waals surface area contributed by atoms with Crippen LogP contribution in [0.15, 0.2) is 54.6 Å². The summed E-state index contributed by atoms with van der Waals surface area (Å²) in [7, 11) is 0. The number of aliphatic carboxylic acids is 1. The number of hydrogen-bond acceptors (Lipinski definition) is 3. The SMILES string of the molecule is O=C(O)CCCNc1ccc(C(=O)c2ccccc2)cc1. The first-order chi connectivity index (χ1) is 10.2. The van der Waals surface area contributed by atoms with Crippen molar-refractivity contribution in [1.29, 1.82) is 0 Å². The van der Waals surface area contributed by atoms with Crippen molar-refractivity contribution in [2.75, 3.05) is 11.9 Å². The van der Waals surface area contributed by atoms with Gasteiger partial charge in [-0.05, 0) is 30.7 Å². The maximum Gasteiger partial charge on any atom is 0.303 e. The predicted molar refractivity (Wildman–Crippen MR) is 81.7 cm³/mol. The van der Waals surface area contributed by atoms with E-state index in [2.05, 4.69) is 5.32 Å². The van der Waals surface area contributed by atoms with E-state index in [-0.39, 0.29) is 12.2 Å². The first-order valence-corrected chi connectivity index (χ1v) is 6.82. The summed E-state index contributed by atoms with van der Waals surface area (Å²) in [6.45, 7) is 0.596. The van der Waals surface area contributed by atoms with Crippen molar-refractivity contribution in [2.45, 2.75) is 12.8 Å². The van der Waals surface area contributed by atoms with E-state index in [1.807, 2.05) is 30.3 Å². The summed E-state index contributed by atoms with van der Waals surface area (Å²) in [6, 6.07) is 16.3. The molecule has 2 rings (SSSR count). The van der Waals surface area contributed by atoms with Crippen LogP contribution in [-0.2, 0) is 4.79 Å². The molecule has 0 unspecified atom stereocenters. The third kappa shape index (κ3) is 4.45. The molecule has 0 aliphatic rings. The van der Waals surface area contributed by atoms with Gasteiger partial charge in [0.2, 0.25) is 0 Å². The van der Waals surface area contributed by atoms with Crippen LogP contribution in [0.2, 0.25) is 0 Å². The second-order valence-corrected chi connectivity index (χ2v) is 4.70. The Bertz CT molecular complexity index is 606. The highest BCUT2D eigenvalue weighted by Gasteiger charge is 2.07. The second kappa shape index (κ2) is 7.24. The number of nitrogens with one attached hydrogen (secondary N) is 1. The van der Waals surface area contributed by atoms with Gasteiger partial charge in [0, 0.05) is 29.8 Å². The van der Waals surface area contributed by atoms with E-state index in [0.29, 0.717) is 24.1 Å². The van der Waals surface area contributed by atoms with Gasteiger partial charge in [-0.1, -0.05) is 30.3 Å². The van der Waals surface area contributed by atoms with Crippen molar-refractivity contribution in [3.63, 3.8) is 0 Å². The fourth-order valence-electron chi connectivity index (χ4n) is 1.97. The number of ketones is 1. The lowest BCUT2D eigenvalue weighted by atomic mass is 10.0. The molecule has 0 radical (unpaired) electrons. The van der Waals surface area contributed by atoms with Gasteiger partial charge in [-0.25, -0.2) is 0 Å². The smallest absolute Gasteiger partial charge is 0.303 e. The molecule has 108 valence electrons. The Balaban J connectivity index is 1.93. The monoisotopic (exact) mass is 283 g/mol. The minimum atomic E-state index is -0.791. The lowest BCUT2D eigenvalue weighted by Gasteiger charge is -2.06. The Hall–Kier alpha value is -2.62. The van der Waals surface area contributed by atoms with Crippen LogP contribution in [0, 0.1) is 0 Å². The number of benzene rings is 2. The van der Waals surface area contributed by atoms with Gasteiger partial charge in [-0.15, -0.1) is 0 Å². The summed E-state index contributed by atoms with van der Waals surface area (Å²) in [5, 5.41) is 11.7. The van der Waals surface area contributed by atoms with Gasteiger partial charge in [0.05, 0.1) is 0 Å². The van der Waals surface area contributed by atoms with Gasteiger partial charge in [-0.2, -0.15) is 0 Å². The summed E-state index contributed by atoms with van der Waals surface area (Å²) in [4.78, 5) is 22.6. The molecular weight excluding hydrogens is 266 g/mol. The molecule has 2 aromatic rings. The molecule has 0 heterocycles. The lowest BCUT2D eigenvalue weighted by Crippen LogP contribution is -2.05. The molecule has 0 atom stereocenters. The molecule has 0 aliphatic carbocycles. The molecule has 0 amide bonds. The van der Waals surface area contributed by atoms with E-state index in [9.17, 15) is 9.59 Å². The van der Waals surface area contributed by atoms with Crippen molar-refractivity contribution < 1.29 is 14.7 Å². The fraction of sp³-hybridized carbons (Fsp3) is 0.176. The molecular formula is C17H17NO3. The van der Waals surface area contributed by atoms with Crippen LogP contribution in [0.25, 0.3) is 0 Å². The fourth-order valence-corrected chi connectivity index (χ4v) is 1.97. The standard InChI is InChI=1S/C17H17NO3/c19-16(20)7-4-12-18-15-10-8-14(9-11-15)17(21)13-5-2-1-3-6-13/h1-3,5-6,8-11,18H,4,7,12H2,(H,19,20). The molecule has 2 aromatic carbocycles. The summed E-state index contributed by atoms with van der Waals surface area (Å²) >= 11 is 0. The van der Waals surface area contributed by atoms with E-state index in [1.165, 1.54) is 0 Å². The minimum Gasteiger partial charge on any atom is -0.481 e. The number of carboxylic acids is 1. The maximum atomic E-state index is 12.2. The van der Waals surface area contributed by atoms with Crippen molar-refractivity contribution in [3.8, 4) is 0 Å². The molecule has 21 heavy (non-hydrogen) atoms. The van der Waals surface area contributed by atoms with Crippen molar-refractivity contribution >= 4 is 17.4 Å². The number of carbonyl (C=O) groups is 2. The van der Waals surface area contributed by atoms with Crippen LogP contribution in [0.5, 0.6) is 0 Å². The van der Waals surface area contributed by atoms with Crippen LogP contribution < -0.4 is 5.32 Å². The van der Waals surface area contributed by atoms with Crippen LogP contribution in [0.4, 0.5) is 5.69 Å². The first-order valence-electron chi connectivity index (χ1n) is 6.82. The molecule has 4 heteroatoms. The van der Waals surface area contributed by atoms with Crippen LogP contribution in [0.3, 0.4) is 0 Å². The quantitative estimate of drug-likeness (QED) is 0.605. The Morgan fingerprint density at radius 1 is 0.905 bits per heavy atom. The number of carbonyl (C=O) groups excluding carboxylic acids is 1. The van der Waals surface area contributed by atoms with E-state index in [4.69, 9.17) is 5.11 Å². The number of anilines is 1. The Kier molecular flexibility index (Phi) is 5.10. The summed E-state index contributed by atoms with van der Waals surface area (Å²) in [5.41, 5.74) is 2.18. The molecule has 0 spiro atoms. The highest BCUT2D eigenvalue weighted by molar-refractivity contribution is 6.09. The average Bonchev–Trinajstić information content (AvgIpc) is 2.52. The number of hydrogen-bond donors (Lipinski definition) is 2. The summed E-state index contributed by atoms with van der Waals surface area (Å²) in [5.74, 6) is -0.798. The third-order valence-corrected chi connectivity index (χ3v) is 3.08. The zero-order valence-corrected chi connectivity index (χ0v) is 11.6. The van der Waals surface area contributed by atoms with Gasteiger partial charge in [-0.3, -0.25) is 9.59 Å². The molecule has 0 aromatic heterocycles. The van der Waals surface area contributed by atoms with Crippen LogP contribution in [0.1, 0.15) is 28.8 Å². The zero-order chi connectivity index (χ0) is 15.1. The van der Waals surface area contributed by atoms with Gasteiger partial charge < -0.3 is 10.4 Å². The molecule has 2 N–H and O–H groups in total. The highest BCUT2D eigenvalue weighted by Crippen LogP contribution is 2.13. The highest BCUT2D eigenvalue weighted by atomic mass is 16.4. The largest absolute Gasteiger partial charge is 0.481 e. The Morgan fingerprint density at radius 3 is 2.14 bits per heavy atom. The van der Waals surface area contributed by atoms with Gasteiger partial charge in [0.1, 0.15) is 0 Å². The predicted octanol–water partition coefficient (Wildman–Crippen LogP) is 3.19. The van der Waals surface area contributed by atoms with Crippen LogP contribution in [-0.4, -0.2) is 23.4 Å². The van der Waals surface area contributed by atoms with Gasteiger partial charge >= 0.3 is 5.97 Å². The zero-order valence-electron chi connectivity index (χ0n) is 11.6. The molecule has 4 nitrogen and oxygen atoms in total. The third-order valence-electron chi connectivity index (χ3n) is 3.08. The van der Waals surface area contributed by atoms with Gasteiger partial charge in [0.25, 0.3) is 0 Å². The Labute approximate surface area is 123 Å². The molecule has 0 fully saturated rings. The molecule has 0 saturated heterocycles. The molecule has 0 saturated carbocycles. The van der Waals surface area contributed by atoms with Gasteiger partial charge in [0.15, 0.2) is 5.78 Å². The lowest BCUT2D eigenvalue weighted by molar-refractivity contribution is -0.137. The molecule has 0 aliphatic heterocycles. The average molecular weight is 283 g/mol. The Morgan fingerprint density at radius 2 is 1.52 bits per heavy atom. The minimum absolute atomic E-state index is 0.00646. The number of carboxylic acid groups (broad SMARTS) is 1. The number of rotatable bonds is 7. The van der Waals surface area contributed by atoms with E-state index in [1.54, 1.807) is 24.3 Å². The van der Waals surface area contributed by atoms with Crippen molar-refractivity contribution in [2.24, 2.45) is 0 Å². The van der Waals surface area contributed by atoms with E-state index in [0.717, 1.165) is 5.69 Å². The topological polar surface area (TPSA) is 66.4 Å².